The Morgan fingerprint density at radius 3 is 2.51 bits per heavy atom. The third kappa shape index (κ3) is 4.67. The maximum atomic E-state index is 13.5. The molecule has 35 heavy (non-hydrogen) atoms. The van der Waals surface area contributed by atoms with Crippen LogP contribution < -0.4 is 9.04 Å². The van der Waals surface area contributed by atoms with E-state index in [9.17, 15) is 12.8 Å². The number of ether oxygens (including phenoxy) is 1. The van der Waals surface area contributed by atoms with E-state index in [4.69, 9.17) is 4.74 Å². The van der Waals surface area contributed by atoms with Gasteiger partial charge >= 0.3 is 0 Å². The quantitative estimate of drug-likeness (QED) is 0.359. The molecule has 0 bridgehead atoms. The fourth-order valence-electron chi connectivity index (χ4n) is 3.54. The maximum Gasteiger partial charge on any atom is 0.245 e. The molecule has 1 aromatic carbocycles. The van der Waals surface area contributed by atoms with Gasteiger partial charge in [0.05, 0.1) is 36.6 Å². The van der Waals surface area contributed by atoms with E-state index in [1.165, 1.54) is 39.7 Å². The second kappa shape index (κ2) is 9.70. The lowest BCUT2D eigenvalue weighted by atomic mass is 10.1. The Hall–Kier alpha value is -4.00. The van der Waals surface area contributed by atoms with Gasteiger partial charge in [0.15, 0.2) is 11.6 Å². The van der Waals surface area contributed by atoms with Crippen molar-refractivity contribution < 1.29 is 17.5 Å². The predicted octanol–water partition coefficient (Wildman–Crippen LogP) is 2.37. The largest absolute Gasteiger partial charge is 0.495 e. The average molecular weight is 499 g/mol. The molecule has 0 aliphatic heterocycles. The lowest BCUT2D eigenvalue weighted by Crippen LogP contribution is -2.37. The number of aromatic nitrogens is 7. The molecule has 4 aromatic rings. The third-order valence-electron chi connectivity index (χ3n) is 5.40. The van der Waals surface area contributed by atoms with Gasteiger partial charge in [-0.2, -0.15) is 0 Å². The SMILES string of the molecule is COc1cccc(C)c1-n1c(-c2cnccn2)nnc1N(C)S(=O)(=O)[C@H](C)Cc1ncc(F)cn1. The molecule has 4 rings (SSSR count). The van der Waals surface area contributed by atoms with Crippen molar-refractivity contribution in [2.24, 2.45) is 0 Å². The molecule has 0 saturated heterocycles. The van der Waals surface area contributed by atoms with Crippen LogP contribution in [0.1, 0.15) is 18.3 Å². The number of benzene rings is 1. The van der Waals surface area contributed by atoms with Crippen LogP contribution in [-0.4, -0.2) is 62.5 Å². The van der Waals surface area contributed by atoms with E-state index in [2.05, 4.69) is 30.1 Å². The second-order valence-corrected chi connectivity index (χ2v) is 10.1. The molecule has 182 valence electrons. The highest BCUT2D eigenvalue weighted by Crippen LogP contribution is 2.34. The van der Waals surface area contributed by atoms with Crippen molar-refractivity contribution in [3.8, 4) is 23.0 Å². The Morgan fingerprint density at radius 1 is 1.11 bits per heavy atom. The zero-order chi connectivity index (χ0) is 25.2. The summed E-state index contributed by atoms with van der Waals surface area (Å²) in [6.07, 6.45) is 6.52. The number of hydrogen-bond acceptors (Lipinski definition) is 9. The predicted molar refractivity (Wildman–Crippen MR) is 126 cm³/mol. The van der Waals surface area contributed by atoms with E-state index in [1.54, 1.807) is 10.6 Å². The van der Waals surface area contributed by atoms with Crippen molar-refractivity contribution >= 4 is 16.0 Å². The van der Waals surface area contributed by atoms with E-state index in [-0.39, 0.29) is 24.0 Å². The molecule has 0 radical (unpaired) electrons. The smallest absolute Gasteiger partial charge is 0.245 e. The number of aryl methyl sites for hydroxylation is 1. The Balaban J connectivity index is 1.83. The number of sulfonamides is 1. The van der Waals surface area contributed by atoms with E-state index >= 15 is 0 Å². The number of nitrogens with zero attached hydrogens (tertiary/aromatic N) is 8. The van der Waals surface area contributed by atoms with E-state index < -0.39 is 21.1 Å². The maximum absolute atomic E-state index is 13.5. The lowest BCUT2D eigenvalue weighted by molar-refractivity contribution is 0.412. The summed E-state index contributed by atoms with van der Waals surface area (Å²) in [5.41, 5.74) is 1.76. The first kappa shape index (κ1) is 24.1. The van der Waals surface area contributed by atoms with Gasteiger partial charge in [0.1, 0.15) is 17.3 Å². The van der Waals surface area contributed by atoms with Crippen LogP contribution in [0.3, 0.4) is 0 Å². The number of rotatable bonds is 8. The number of anilines is 1. The molecule has 1 atom stereocenters. The van der Waals surface area contributed by atoms with Gasteiger partial charge < -0.3 is 4.74 Å². The number of para-hydroxylation sites is 1. The van der Waals surface area contributed by atoms with Crippen molar-refractivity contribution in [3.05, 3.63) is 66.4 Å². The molecule has 0 amide bonds. The topological polar surface area (TPSA) is 129 Å². The molecular formula is C22H23FN8O3S. The number of methoxy groups -OCH3 is 1. The summed E-state index contributed by atoms with van der Waals surface area (Å²) in [5, 5.41) is 7.51. The van der Waals surface area contributed by atoms with Crippen molar-refractivity contribution in [1.29, 1.82) is 0 Å². The molecule has 0 unspecified atom stereocenters. The molecule has 0 aliphatic carbocycles. The van der Waals surface area contributed by atoms with Crippen molar-refractivity contribution in [2.75, 3.05) is 18.5 Å². The van der Waals surface area contributed by atoms with Crippen LogP contribution in [0.15, 0.2) is 49.2 Å². The fourth-order valence-corrected chi connectivity index (χ4v) is 4.79. The molecule has 0 saturated carbocycles. The Bertz CT molecular complexity index is 1430. The summed E-state index contributed by atoms with van der Waals surface area (Å²) in [4.78, 5) is 16.2. The molecule has 11 nitrogen and oxygen atoms in total. The van der Waals surface area contributed by atoms with Crippen LogP contribution in [0.25, 0.3) is 17.2 Å². The summed E-state index contributed by atoms with van der Waals surface area (Å²) in [5.74, 6) is 0.425. The van der Waals surface area contributed by atoms with Crippen LogP contribution in [0.2, 0.25) is 0 Å². The minimum absolute atomic E-state index is 0.0220. The molecule has 0 aliphatic rings. The summed E-state index contributed by atoms with van der Waals surface area (Å²) in [7, 11) is -1.06. The van der Waals surface area contributed by atoms with Crippen LogP contribution in [0.4, 0.5) is 10.3 Å². The van der Waals surface area contributed by atoms with Crippen molar-refractivity contribution in [2.45, 2.75) is 25.5 Å². The van der Waals surface area contributed by atoms with Crippen LogP contribution in [0.5, 0.6) is 5.75 Å². The molecule has 0 spiro atoms. The van der Waals surface area contributed by atoms with Crippen molar-refractivity contribution in [1.82, 2.24) is 34.7 Å². The molecule has 3 aromatic heterocycles. The van der Waals surface area contributed by atoms with Gasteiger partial charge in [-0.25, -0.2) is 32.1 Å². The standard InChI is InChI=1S/C22H23FN8O3S/c1-14-6-5-7-18(34-4)20(14)31-21(17-13-24-8-9-25-17)28-29-22(31)30(3)35(32,33)15(2)10-19-26-11-16(23)12-27-19/h5-9,11-13,15H,10H2,1-4H3/t15-/m1/s1. The van der Waals surface area contributed by atoms with E-state index in [0.717, 1.165) is 22.3 Å². The van der Waals surface area contributed by atoms with Gasteiger partial charge in [-0.05, 0) is 25.5 Å². The van der Waals surface area contributed by atoms with Gasteiger partial charge in [-0.15, -0.1) is 10.2 Å². The molecule has 0 fully saturated rings. The first-order valence-electron chi connectivity index (χ1n) is 10.5. The third-order valence-corrected chi connectivity index (χ3v) is 7.51. The van der Waals surface area contributed by atoms with Crippen LogP contribution in [-0.2, 0) is 16.4 Å². The van der Waals surface area contributed by atoms with Crippen LogP contribution >= 0.6 is 0 Å². The van der Waals surface area contributed by atoms with Gasteiger partial charge in [0, 0.05) is 25.9 Å². The normalized spacial score (nSPS) is 12.4. The van der Waals surface area contributed by atoms with Gasteiger partial charge in [-0.1, -0.05) is 12.1 Å². The minimum Gasteiger partial charge on any atom is -0.495 e. The van der Waals surface area contributed by atoms with E-state index in [0.29, 0.717) is 17.1 Å². The first-order valence-corrected chi connectivity index (χ1v) is 12.0. The molecular weight excluding hydrogens is 475 g/mol. The Morgan fingerprint density at radius 2 is 1.86 bits per heavy atom. The monoisotopic (exact) mass is 498 g/mol. The Kier molecular flexibility index (Phi) is 6.69. The highest BCUT2D eigenvalue weighted by atomic mass is 32.2. The molecule has 13 heteroatoms. The van der Waals surface area contributed by atoms with Crippen LogP contribution in [0, 0.1) is 12.7 Å². The average Bonchev–Trinajstić information content (AvgIpc) is 3.29. The minimum atomic E-state index is -3.97. The lowest BCUT2D eigenvalue weighted by Gasteiger charge is -2.24. The fraction of sp³-hybridized carbons (Fsp3) is 0.273. The number of hydrogen-bond donors (Lipinski definition) is 0. The zero-order valence-electron chi connectivity index (χ0n) is 19.5. The van der Waals surface area contributed by atoms with Crippen molar-refractivity contribution in [3.63, 3.8) is 0 Å². The summed E-state index contributed by atoms with van der Waals surface area (Å²) in [6, 6.07) is 5.45. The summed E-state index contributed by atoms with van der Waals surface area (Å²) in [6.45, 7) is 3.39. The Labute approximate surface area is 201 Å². The second-order valence-electron chi connectivity index (χ2n) is 7.72. The first-order chi connectivity index (χ1) is 16.7. The summed E-state index contributed by atoms with van der Waals surface area (Å²) < 4.78 is 48.4. The van der Waals surface area contributed by atoms with Gasteiger partial charge in [0.2, 0.25) is 16.0 Å². The molecule has 3 heterocycles. The highest BCUT2D eigenvalue weighted by molar-refractivity contribution is 7.93. The van der Waals surface area contributed by atoms with Gasteiger partial charge in [-0.3, -0.25) is 9.55 Å². The highest BCUT2D eigenvalue weighted by Gasteiger charge is 2.33. The van der Waals surface area contributed by atoms with E-state index in [1.807, 2.05) is 19.1 Å². The summed E-state index contributed by atoms with van der Waals surface area (Å²) >= 11 is 0. The van der Waals surface area contributed by atoms with Gasteiger partial charge in [0.25, 0.3) is 0 Å². The number of halogens is 1. The zero-order valence-corrected chi connectivity index (χ0v) is 20.3. The molecule has 0 N–H and O–H groups in total.